The summed E-state index contributed by atoms with van der Waals surface area (Å²) < 4.78 is 151. The van der Waals surface area contributed by atoms with Crippen LogP contribution in [0, 0.1) is 11.7 Å². The number of rotatable bonds is 5. The van der Waals surface area contributed by atoms with Crippen molar-refractivity contribution in [3.8, 4) is 0 Å². The van der Waals surface area contributed by atoms with Crippen LogP contribution in [-0.2, 0) is 36.3 Å². The van der Waals surface area contributed by atoms with E-state index in [1.165, 1.54) is 4.90 Å². The van der Waals surface area contributed by atoms with E-state index >= 15 is 0 Å². The lowest BCUT2D eigenvalue weighted by atomic mass is 9.76. The van der Waals surface area contributed by atoms with E-state index in [9.17, 15) is 62.6 Å². The van der Waals surface area contributed by atoms with Crippen LogP contribution in [0.2, 0.25) is 0 Å². The quantitative estimate of drug-likeness (QED) is 0.297. The summed E-state index contributed by atoms with van der Waals surface area (Å²) in [6.45, 7) is -0.223. The highest BCUT2D eigenvalue weighted by Crippen LogP contribution is 2.57. The number of sulfone groups is 1. The third-order valence-corrected chi connectivity index (χ3v) is 12.0. The Balaban J connectivity index is 1.62. The van der Waals surface area contributed by atoms with Gasteiger partial charge in [-0.05, 0) is 80.3 Å². The molecule has 1 saturated heterocycles. The van der Waals surface area contributed by atoms with E-state index < -0.39 is 91.2 Å². The molecular formula is C29H26F9NO5S. The highest BCUT2D eigenvalue weighted by atomic mass is 32.2. The number of amides is 1. The molecule has 2 aromatic rings. The molecule has 1 aliphatic heterocycles. The first-order valence-corrected chi connectivity index (χ1v) is 15.4. The standard InChI is InChI=1S/C29H26F9NO5S/c30-19-3-5-20(6-4-19)45(43,44)26-13-14-39(23(40)16-9-11-25(31,12-10-16)24(41)42)22(26)8-1-17-15-18(2-7-21(17)26)27(32,28(33,34)35)29(36,37)38/h2-7,15-16,22H,1,8-14H2,(H,41,42)/t16-,22-,25+,26-/m0/s1. The number of aliphatic carboxylic acids is 1. The second kappa shape index (κ2) is 10.6. The average molecular weight is 672 g/mol. The van der Waals surface area contributed by atoms with Gasteiger partial charge in [0.25, 0.3) is 0 Å². The van der Waals surface area contributed by atoms with Crippen molar-refractivity contribution in [1.82, 2.24) is 4.90 Å². The Hall–Kier alpha value is -3.30. The Morgan fingerprint density at radius 3 is 1.98 bits per heavy atom. The number of fused-ring (bicyclic) bond motifs is 3. The number of aryl methyl sites for hydroxylation is 1. The van der Waals surface area contributed by atoms with Gasteiger partial charge in [-0.3, -0.25) is 4.79 Å². The zero-order valence-corrected chi connectivity index (χ0v) is 24.0. The van der Waals surface area contributed by atoms with E-state index in [0.29, 0.717) is 12.1 Å². The number of carboxylic acids is 1. The molecule has 16 heteroatoms. The van der Waals surface area contributed by atoms with Crippen LogP contribution in [0.5, 0.6) is 0 Å². The monoisotopic (exact) mass is 671 g/mol. The van der Waals surface area contributed by atoms with Crippen LogP contribution >= 0.6 is 0 Å². The van der Waals surface area contributed by atoms with Crippen LogP contribution in [0.4, 0.5) is 39.5 Å². The molecule has 0 aromatic heterocycles. The summed E-state index contributed by atoms with van der Waals surface area (Å²) in [7, 11) is -4.66. The second-order valence-corrected chi connectivity index (χ2v) is 14.0. The van der Waals surface area contributed by atoms with Crippen molar-refractivity contribution >= 4 is 21.7 Å². The molecule has 3 aliphatic rings. The Bertz CT molecular complexity index is 1600. The van der Waals surface area contributed by atoms with Gasteiger partial charge in [-0.2, -0.15) is 26.3 Å². The molecule has 1 heterocycles. The second-order valence-electron chi connectivity index (χ2n) is 11.8. The molecule has 246 valence electrons. The molecule has 0 radical (unpaired) electrons. The van der Waals surface area contributed by atoms with Crippen molar-refractivity contribution in [2.75, 3.05) is 6.54 Å². The molecule has 0 bridgehead atoms. The number of alkyl halides is 8. The Kier molecular flexibility index (Phi) is 7.81. The van der Waals surface area contributed by atoms with Gasteiger partial charge in [-0.25, -0.2) is 26.4 Å². The number of carboxylic acid groups (broad SMARTS) is 1. The maximum Gasteiger partial charge on any atom is 0.435 e. The number of halogens is 9. The Morgan fingerprint density at radius 2 is 1.44 bits per heavy atom. The minimum atomic E-state index is -6.40. The molecule has 1 amide bonds. The molecule has 45 heavy (non-hydrogen) atoms. The normalized spacial score (nSPS) is 27.5. The van der Waals surface area contributed by atoms with Gasteiger partial charge in [0.05, 0.1) is 10.9 Å². The van der Waals surface area contributed by atoms with Crippen molar-refractivity contribution in [3.05, 3.63) is 65.0 Å². The molecule has 6 nitrogen and oxygen atoms in total. The lowest BCUT2D eigenvalue weighted by Crippen LogP contribution is -2.54. The van der Waals surface area contributed by atoms with E-state index in [1.54, 1.807) is 0 Å². The molecule has 0 unspecified atom stereocenters. The summed E-state index contributed by atoms with van der Waals surface area (Å²) in [4.78, 5) is 25.8. The number of likely N-dealkylation sites (tertiary alicyclic amines) is 1. The van der Waals surface area contributed by atoms with Crippen LogP contribution in [0.1, 0.15) is 55.2 Å². The van der Waals surface area contributed by atoms with E-state index in [0.717, 1.165) is 24.3 Å². The van der Waals surface area contributed by atoms with Gasteiger partial charge in [0.1, 0.15) is 10.6 Å². The predicted molar refractivity (Wildman–Crippen MR) is 138 cm³/mol. The molecular weight excluding hydrogens is 645 g/mol. The van der Waals surface area contributed by atoms with Crippen molar-refractivity contribution in [2.24, 2.45) is 5.92 Å². The molecule has 5 rings (SSSR count). The van der Waals surface area contributed by atoms with Crippen LogP contribution in [0.25, 0.3) is 0 Å². The lowest BCUT2D eigenvalue weighted by molar-refractivity contribution is -0.348. The van der Waals surface area contributed by atoms with Gasteiger partial charge in [-0.15, -0.1) is 0 Å². The van der Waals surface area contributed by atoms with E-state index in [-0.39, 0.29) is 55.8 Å². The first-order chi connectivity index (χ1) is 20.7. The maximum atomic E-state index is 15.0. The van der Waals surface area contributed by atoms with Gasteiger partial charge >= 0.3 is 24.0 Å². The summed E-state index contributed by atoms with van der Waals surface area (Å²) in [5.41, 5.74) is -10.6. The third kappa shape index (κ3) is 4.89. The van der Waals surface area contributed by atoms with Gasteiger partial charge in [0.15, 0.2) is 9.84 Å². The zero-order chi connectivity index (χ0) is 33.4. The maximum absolute atomic E-state index is 15.0. The molecule has 1 saturated carbocycles. The number of hydrogen-bond acceptors (Lipinski definition) is 4. The minimum Gasteiger partial charge on any atom is -0.479 e. The van der Waals surface area contributed by atoms with E-state index in [4.69, 9.17) is 0 Å². The number of carbonyl (C=O) groups is 2. The topological polar surface area (TPSA) is 91.8 Å². The van der Waals surface area contributed by atoms with E-state index in [1.807, 2.05) is 0 Å². The fraction of sp³-hybridized carbons (Fsp3) is 0.517. The summed E-state index contributed by atoms with van der Waals surface area (Å²) in [5, 5.41) is 9.18. The summed E-state index contributed by atoms with van der Waals surface area (Å²) in [6.07, 6.45) is -15.0. The average Bonchev–Trinajstić information content (AvgIpc) is 3.37. The highest BCUT2D eigenvalue weighted by molar-refractivity contribution is 7.92. The van der Waals surface area contributed by atoms with Crippen molar-refractivity contribution in [2.45, 2.75) is 84.3 Å². The van der Waals surface area contributed by atoms with Crippen molar-refractivity contribution in [1.29, 1.82) is 0 Å². The Morgan fingerprint density at radius 1 is 0.867 bits per heavy atom. The van der Waals surface area contributed by atoms with Crippen LogP contribution in [0.15, 0.2) is 47.4 Å². The van der Waals surface area contributed by atoms with Crippen LogP contribution in [0.3, 0.4) is 0 Å². The fourth-order valence-electron chi connectivity index (χ4n) is 7.09. The first kappa shape index (κ1) is 33.1. The van der Waals surface area contributed by atoms with Crippen LogP contribution in [-0.4, -0.2) is 60.9 Å². The lowest BCUT2D eigenvalue weighted by Gasteiger charge is -2.44. The van der Waals surface area contributed by atoms with E-state index in [2.05, 4.69) is 0 Å². The fourth-order valence-corrected chi connectivity index (χ4v) is 9.46. The molecule has 2 aliphatic carbocycles. The van der Waals surface area contributed by atoms with Gasteiger partial charge in [0, 0.05) is 18.0 Å². The molecule has 1 N–H and O–H groups in total. The molecule has 2 atom stereocenters. The number of nitrogens with zero attached hydrogens (tertiary/aromatic N) is 1. The Labute approximate surface area is 251 Å². The number of hydrogen-bond donors (Lipinski definition) is 1. The van der Waals surface area contributed by atoms with Gasteiger partial charge in [0.2, 0.25) is 11.6 Å². The summed E-state index contributed by atoms with van der Waals surface area (Å²) in [6, 6.07) is 3.68. The predicted octanol–water partition coefficient (Wildman–Crippen LogP) is 6.31. The highest BCUT2D eigenvalue weighted by Gasteiger charge is 2.74. The first-order valence-electron chi connectivity index (χ1n) is 13.9. The minimum absolute atomic E-state index is 0.157. The largest absolute Gasteiger partial charge is 0.479 e. The summed E-state index contributed by atoms with van der Waals surface area (Å²) >= 11 is 0. The SMILES string of the molecule is O=C([C@H]1CC[C@](F)(C(=O)O)CC1)N1CC[C@]2(S(=O)(=O)c3ccc(F)cc3)c3ccc(C(F)(C(F)(F)F)C(F)(F)F)cc3CC[C@H]12. The van der Waals surface area contributed by atoms with Crippen molar-refractivity contribution < 1.29 is 62.6 Å². The summed E-state index contributed by atoms with van der Waals surface area (Å²) in [5.74, 6) is -3.93. The number of carbonyl (C=O) groups excluding carboxylic acids is 1. The molecule has 2 aromatic carbocycles. The van der Waals surface area contributed by atoms with Gasteiger partial charge in [-0.1, -0.05) is 18.2 Å². The zero-order valence-electron chi connectivity index (χ0n) is 23.2. The van der Waals surface area contributed by atoms with Crippen molar-refractivity contribution in [3.63, 3.8) is 0 Å². The van der Waals surface area contributed by atoms with Crippen LogP contribution < -0.4 is 0 Å². The molecule has 0 spiro atoms. The van der Waals surface area contributed by atoms with Gasteiger partial charge < -0.3 is 10.0 Å². The number of benzene rings is 2. The third-order valence-electron chi connectivity index (χ3n) is 9.46. The molecule has 2 fully saturated rings. The smallest absolute Gasteiger partial charge is 0.435 e.